The first kappa shape index (κ1) is 12.0. The number of hydrogen-bond donors (Lipinski definition) is 2. The van der Waals surface area contributed by atoms with Crippen LogP contribution in [0.2, 0.25) is 0 Å². The number of aromatic nitrogens is 1. The number of carbonyl (C=O) groups is 1. The van der Waals surface area contributed by atoms with E-state index in [1.807, 2.05) is 25.1 Å². The molecule has 4 nitrogen and oxygen atoms in total. The second kappa shape index (κ2) is 4.84. The molecule has 1 saturated carbocycles. The van der Waals surface area contributed by atoms with Gasteiger partial charge in [0.2, 0.25) is 0 Å². The lowest BCUT2D eigenvalue weighted by Crippen LogP contribution is -2.49. The van der Waals surface area contributed by atoms with Crippen molar-refractivity contribution < 1.29 is 9.90 Å². The van der Waals surface area contributed by atoms with Crippen molar-refractivity contribution in [3.63, 3.8) is 0 Å². The number of carboxylic acid groups (broad SMARTS) is 1. The number of hydrogen-bond acceptors (Lipinski definition) is 3. The van der Waals surface area contributed by atoms with Crippen molar-refractivity contribution in [2.75, 3.05) is 0 Å². The second-order valence-corrected chi connectivity index (χ2v) is 4.72. The molecule has 0 aromatic carbocycles. The molecule has 0 spiro atoms. The van der Waals surface area contributed by atoms with E-state index in [2.05, 4.69) is 10.3 Å². The fraction of sp³-hybridized carbons (Fsp3) is 0.538. The van der Waals surface area contributed by atoms with E-state index in [1.165, 1.54) is 0 Å². The van der Waals surface area contributed by atoms with Crippen LogP contribution in [0.5, 0.6) is 0 Å². The third-order valence-electron chi connectivity index (χ3n) is 3.42. The van der Waals surface area contributed by atoms with E-state index in [0.717, 1.165) is 24.2 Å². The summed E-state index contributed by atoms with van der Waals surface area (Å²) in [5, 5.41) is 12.5. The van der Waals surface area contributed by atoms with Gasteiger partial charge in [-0.1, -0.05) is 18.9 Å². The van der Waals surface area contributed by atoms with Gasteiger partial charge in [0.1, 0.15) is 5.54 Å². The van der Waals surface area contributed by atoms with Gasteiger partial charge in [-0.05, 0) is 31.9 Å². The Kier molecular flexibility index (Phi) is 3.43. The van der Waals surface area contributed by atoms with Crippen molar-refractivity contribution >= 4 is 5.97 Å². The Morgan fingerprint density at radius 1 is 1.47 bits per heavy atom. The highest BCUT2D eigenvalue weighted by atomic mass is 16.4. The van der Waals surface area contributed by atoms with Crippen LogP contribution in [0, 0.1) is 6.92 Å². The molecule has 0 radical (unpaired) electrons. The Morgan fingerprint density at radius 3 is 2.76 bits per heavy atom. The van der Waals surface area contributed by atoms with Crippen LogP contribution in [0.15, 0.2) is 18.2 Å². The molecular formula is C13H18N2O2. The Bertz CT molecular complexity index is 412. The van der Waals surface area contributed by atoms with Gasteiger partial charge in [-0.25, -0.2) is 0 Å². The predicted octanol–water partition coefficient (Wildman–Crippen LogP) is 1.88. The average Bonchev–Trinajstić information content (AvgIpc) is 2.76. The quantitative estimate of drug-likeness (QED) is 0.835. The smallest absolute Gasteiger partial charge is 0.323 e. The van der Waals surface area contributed by atoms with Crippen LogP contribution in [-0.4, -0.2) is 21.6 Å². The molecule has 2 rings (SSSR count). The van der Waals surface area contributed by atoms with E-state index >= 15 is 0 Å². The summed E-state index contributed by atoms with van der Waals surface area (Å²) in [7, 11) is 0. The molecule has 0 bridgehead atoms. The van der Waals surface area contributed by atoms with Gasteiger partial charge in [0.15, 0.2) is 0 Å². The Morgan fingerprint density at radius 2 is 2.18 bits per heavy atom. The molecule has 1 heterocycles. The number of carboxylic acids is 1. The SMILES string of the molecule is Cc1cccc(CNC2(C(=O)O)CCCC2)n1. The molecule has 0 saturated heterocycles. The lowest BCUT2D eigenvalue weighted by Gasteiger charge is -2.25. The normalized spacial score (nSPS) is 18.2. The maximum Gasteiger partial charge on any atom is 0.323 e. The minimum atomic E-state index is -0.734. The first-order chi connectivity index (χ1) is 8.12. The zero-order valence-corrected chi connectivity index (χ0v) is 10.1. The summed E-state index contributed by atoms with van der Waals surface area (Å²) in [6.45, 7) is 2.46. The fourth-order valence-electron chi connectivity index (χ4n) is 2.40. The highest BCUT2D eigenvalue weighted by molar-refractivity contribution is 5.79. The molecule has 0 amide bonds. The highest BCUT2D eigenvalue weighted by Crippen LogP contribution is 2.30. The van der Waals surface area contributed by atoms with Crippen molar-refractivity contribution in [1.29, 1.82) is 0 Å². The number of aliphatic carboxylic acids is 1. The summed E-state index contributed by atoms with van der Waals surface area (Å²) >= 11 is 0. The lowest BCUT2D eigenvalue weighted by molar-refractivity contribution is -0.144. The van der Waals surface area contributed by atoms with Gasteiger partial charge in [-0.3, -0.25) is 15.1 Å². The molecule has 1 aliphatic rings. The molecule has 2 N–H and O–H groups in total. The number of nitrogens with one attached hydrogen (secondary N) is 1. The Labute approximate surface area is 101 Å². The summed E-state index contributed by atoms with van der Waals surface area (Å²) in [5.74, 6) is -0.734. The molecule has 1 aliphatic carbocycles. The van der Waals surface area contributed by atoms with Crippen LogP contribution >= 0.6 is 0 Å². The zero-order chi connectivity index (χ0) is 12.3. The second-order valence-electron chi connectivity index (χ2n) is 4.72. The third-order valence-corrected chi connectivity index (χ3v) is 3.42. The van der Waals surface area contributed by atoms with Crippen LogP contribution in [0.4, 0.5) is 0 Å². The number of rotatable bonds is 4. The summed E-state index contributed by atoms with van der Waals surface area (Å²) in [4.78, 5) is 15.7. The van der Waals surface area contributed by atoms with E-state index in [1.54, 1.807) is 0 Å². The summed E-state index contributed by atoms with van der Waals surface area (Å²) in [6, 6.07) is 5.80. The van der Waals surface area contributed by atoms with Crippen molar-refractivity contribution in [3.8, 4) is 0 Å². The summed E-state index contributed by atoms with van der Waals surface area (Å²) < 4.78 is 0. The molecule has 0 atom stereocenters. The van der Waals surface area contributed by atoms with E-state index in [9.17, 15) is 9.90 Å². The Balaban J connectivity index is 2.03. The van der Waals surface area contributed by atoms with Crippen molar-refractivity contribution in [2.45, 2.75) is 44.7 Å². The van der Waals surface area contributed by atoms with Crippen LogP contribution in [0.1, 0.15) is 37.1 Å². The fourth-order valence-corrected chi connectivity index (χ4v) is 2.40. The van der Waals surface area contributed by atoms with E-state index in [-0.39, 0.29) is 0 Å². The minimum Gasteiger partial charge on any atom is -0.480 e. The minimum absolute atomic E-state index is 0.522. The summed E-state index contributed by atoms with van der Waals surface area (Å²) in [5.41, 5.74) is 1.13. The maximum atomic E-state index is 11.3. The number of pyridine rings is 1. The molecule has 0 unspecified atom stereocenters. The van der Waals surface area contributed by atoms with Gasteiger partial charge in [0.05, 0.1) is 5.69 Å². The molecule has 1 aromatic heterocycles. The lowest BCUT2D eigenvalue weighted by atomic mass is 9.98. The predicted molar refractivity (Wildman–Crippen MR) is 64.6 cm³/mol. The van der Waals surface area contributed by atoms with E-state index in [4.69, 9.17) is 0 Å². The van der Waals surface area contributed by atoms with Crippen molar-refractivity contribution in [1.82, 2.24) is 10.3 Å². The van der Waals surface area contributed by atoms with Gasteiger partial charge in [0, 0.05) is 12.2 Å². The highest BCUT2D eigenvalue weighted by Gasteiger charge is 2.40. The third kappa shape index (κ3) is 2.64. The molecule has 92 valence electrons. The van der Waals surface area contributed by atoms with Gasteiger partial charge in [-0.2, -0.15) is 0 Å². The first-order valence-corrected chi connectivity index (χ1v) is 6.03. The van der Waals surface area contributed by atoms with Gasteiger partial charge in [0.25, 0.3) is 0 Å². The monoisotopic (exact) mass is 234 g/mol. The molecule has 1 aromatic rings. The summed E-state index contributed by atoms with van der Waals surface area (Å²) in [6.07, 6.45) is 3.41. The van der Waals surface area contributed by atoms with Crippen LogP contribution in [0.25, 0.3) is 0 Å². The number of aryl methyl sites for hydroxylation is 1. The Hall–Kier alpha value is -1.42. The largest absolute Gasteiger partial charge is 0.480 e. The van der Waals surface area contributed by atoms with E-state index in [0.29, 0.717) is 19.4 Å². The standard InChI is InChI=1S/C13H18N2O2/c1-10-5-4-6-11(15-10)9-14-13(12(16)17)7-2-3-8-13/h4-6,14H,2-3,7-9H2,1H3,(H,16,17). The molecule has 1 fully saturated rings. The van der Waals surface area contributed by atoms with Crippen LogP contribution < -0.4 is 5.32 Å². The van der Waals surface area contributed by atoms with Gasteiger partial charge >= 0.3 is 5.97 Å². The topological polar surface area (TPSA) is 62.2 Å². The first-order valence-electron chi connectivity index (χ1n) is 6.03. The molecular weight excluding hydrogens is 216 g/mol. The maximum absolute atomic E-state index is 11.3. The van der Waals surface area contributed by atoms with Crippen LogP contribution in [-0.2, 0) is 11.3 Å². The van der Waals surface area contributed by atoms with Crippen molar-refractivity contribution in [3.05, 3.63) is 29.6 Å². The number of nitrogens with zero attached hydrogens (tertiary/aromatic N) is 1. The van der Waals surface area contributed by atoms with Crippen molar-refractivity contribution in [2.24, 2.45) is 0 Å². The van der Waals surface area contributed by atoms with Gasteiger partial charge in [-0.15, -0.1) is 0 Å². The molecule has 0 aliphatic heterocycles. The molecule has 4 heteroatoms. The van der Waals surface area contributed by atoms with Gasteiger partial charge < -0.3 is 5.11 Å². The van der Waals surface area contributed by atoms with Crippen LogP contribution in [0.3, 0.4) is 0 Å². The zero-order valence-electron chi connectivity index (χ0n) is 10.1. The average molecular weight is 234 g/mol. The van der Waals surface area contributed by atoms with E-state index < -0.39 is 11.5 Å². The molecule has 17 heavy (non-hydrogen) atoms.